The zero-order valence-electron chi connectivity index (χ0n) is 15.5. The lowest BCUT2D eigenvalue weighted by atomic mass is 9.82. The molecule has 1 unspecified atom stereocenters. The summed E-state index contributed by atoms with van der Waals surface area (Å²) in [6.07, 6.45) is 1.81. The van der Waals surface area contributed by atoms with Gasteiger partial charge in [0, 0.05) is 0 Å². The number of nitrogens with zero attached hydrogens (tertiary/aromatic N) is 2. The number of carbonyl (C=O) groups is 1. The molecule has 1 aliphatic heterocycles. The fourth-order valence-electron chi connectivity index (χ4n) is 4.56. The summed E-state index contributed by atoms with van der Waals surface area (Å²) in [5, 5.41) is 0. The van der Waals surface area contributed by atoms with Crippen LogP contribution in [0.15, 0.2) is 89.9 Å². The molecule has 0 radical (unpaired) electrons. The van der Waals surface area contributed by atoms with Gasteiger partial charge in [-0.15, -0.1) is 0 Å². The summed E-state index contributed by atoms with van der Waals surface area (Å²) in [6.45, 7) is 0. The van der Waals surface area contributed by atoms with Crippen molar-refractivity contribution in [2.75, 3.05) is 0 Å². The van der Waals surface area contributed by atoms with Crippen LogP contribution in [-0.2, 0) is 16.8 Å². The van der Waals surface area contributed by atoms with Crippen LogP contribution in [-0.4, -0.2) is 16.8 Å². The molecule has 4 heteroatoms. The molecule has 3 aromatic rings. The Kier molecular flexibility index (Phi) is 3.79. The van der Waals surface area contributed by atoms with Crippen molar-refractivity contribution in [2.45, 2.75) is 24.4 Å². The van der Waals surface area contributed by atoms with Crippen LogP contribution in [0.2, 0.25) is 0 Å². The SMILES string of the molecule is NC1=NC(c2ccccc2)(c2ccccc2)C(=O)N1C1CCc2ccccc21. The highest BCUT2D eigenvalue weighted by atomic mass is 16.2. The lowest BCUT2D eigenvalue weighted by Crippen LogP contribution is -2.45. The molecule has 0 saturated carbocycles. The molecular weight excluding hydrogens is 346 g/mol. The van der Waals surface area contributed by atoms with E-state index in [2.05, 4.69) is 12.1 Å². The van der Waals surface area contributed by atoms with E-state index in [4.69, 9.17) is 10.7 Å². The number of nitrogens with two attached hydrogens (primary N) is 1. The molecule has 2 N–H and O–H groups in total. The summed E-state index contributed by atoms with van der Waals surface area (Å²) in [5.74, 6) is 0.212. The lowest BCUT2D eigenvalue weighted by molar-refractivity contribution is -0.131. The number of aliphatic imine (C=N–C) groups is 1. The second kappa shape index (κ2) is 6.34. The van der Waals surface area contributed by atoms with Gasteiger partial charge in [-0.2, -0.15) is 0 Å². The Bertz CT molecular complexity index is 1020. The molecular formula is C24H21N3O. The fraction of sp³-hybridized carbons (Fsp3) is 0.167. The van der Waals surface area contributed by atoms with E-state index in [-0.39, 0.29) is 11.9 Å². The molecule has 0 fully saturated rings. The molecule has 2 aliphatic rings. The maximum absolute atomic E-state index is 14.0. The first kappa shape index (κ1) is 16.8. The van der Waals surface area contributed by atoms with Crippen LogP contribution in [0.25, 0.3) is 0 Å². The summed E-state index contributed by atoms with van der Waals surface area (Å²) < 4.78 is 0. The number of rotatable bonds is 3. The average molecular weight is 367 g/mol. The second-order valence-corrected chi connectivity index (χ2v) is 7.34. The Morgan fingerprint density at radius 1 is 0.857 bits per heavy atom. The molecule has 1 amide bonds. The number of amides is 1. The predicted molar refractivity (Wildman–Crippen MR) is 110 cm³/mol. The van der Waals surface area contributed by atoms with Gasteiger partial charge in [-0.1, -0.05) is 84.9 Å². The van der Waals surface area contributed by atoms with Crippen LogP contribution in [0, 0.1) is 0 Å². The third-order valence-electron chi connectivity index (χ3n) is 5.85. The van der Waals surface area contributed by atoms with Crippen molar-refractivity contribution in [1.29, 1.82) is 0 Å². The van der Waals surface area contributed by atoms with E-state index in [1.165, 1.54) is 11.1 Å². The van der Waals surface area contributed by atoms with Crippen LogP contribution in [0.4, 0.5) is 0 Å². The second-order valence-electron chi connectivity index (χ2n) is 7.34. The minimum Gasteiger partial charge on any atom is -0.369 e. The number of fused-ring (bicyclic) bond motifs is 1. The minimum absolute atomic E-state index is 0.0678. The molecule has 5 rings (SSSR count). The van der Waals surface area contributed by atoms with Gasteiger partial charge in [-0.05, 0) is 35.1 Å². The van der Waals surface area contributed by atoms with Gasteiger partial charge in [0.2, 0.25) is 5.96 Å². The molecule has 3 aromatic carbocycles. The van der Waals surface area contributed by atoms with Crippen LogP contribution in [0.3, 0.4) is 0 Å². The van der Waals surface area contributed by atoms with E-state index in [1.807, 2.05) is 72.8 Å². The summed E-state index contributed by atoms with van der Waals surface area (Å²) >= 11 is 0. The molecule has 138 valence electrons. The Morgan fingerprint density at radius 2 is 1.43 bits per heavy atom. The maximum Gasteiger partial charge on any atom is 0.267 e. The number of hydrogen-bond acceptors (Lipinski definition) is 3. The molecule has 4 nitrogen and oxygen atoms in total. The first-order valence-electron chi connectivity index (χ1n) is 9.59. The van der Waals surface area contributed by atoms with Crippen molar-refractivity contribution in [2.24, 2.45) is 10.7 Å². The van der Waals surface area contributed by atoms with E-state index in [9.17, 15) is 4.79 Å². The van der Waals surface area contributed by atoms with Gasteiger partial charge in [-0.3, -0.25) is 9.69 Å². The number of aryl methyl sites for hydroxylation is 1. The summed E-state index contributed by atoms with van der Waals surface area (Å²) in [5.41, 5.74) is 9.40. The highest BCUT2D eigenvalue weighted by molar-refractivity contribution is 6.09. The zero-order valence-corrected chi connectivity index (χ0v) is 15.5. The van der Waals surface area contributed by atoms with Crippen molar-refractivity contribution >= 4 is 11.9 Å². The quantitative estimate of drug-likeness (QED) is 0.766. The normalized spacial score (nSPS) is 20.1. The fourth-order valence-corrected chi connectivity index (χ4v) is 4.56. The van der Waals surface area contributed by atoms with Crippen molar-refractivity contribution in [1.82, 2.24) is 4.90 Å². The summed E-state index contributed by atoms with van der Waals surface area (Å²) in [7, 11) is 0. The van der Waals surface area contributed by atoms with Crippen LogP contribution in [0.5, 0.6) is 0 Å². The molecule has 0 spiro atoms. The van der Waals surface area contributed by atoms with Gasteiger partial charge in [0.25, 0.3) is 5.91 Å². The Hall–Kier alpha value is -3.40. The Morgan fingerprint density at radius 3 is 2.07 bits per heavy atom. The van der Waals surface area contributed by atoms with E-state index < -0.39 is 5.54 Å². The third kappa shape index (κ3) is 2.31. The van der Waals surface area contributed by atoms with E-state index in [1.54, 1.807) is 4.90 Å². The third-order valence-corrected chi connectivity index (χ3v) is 5.85. The van der Waals surface area contributed by atoms with Gasteiger partial charge < -0.3 is 5.73 Å². The van der Waals surface area contributed by atoms with E-state index in [0.717, 1.165) is 24.0 Å². The topological polar surface area (TPSA) is 58.7 Å². The zero-order chi connectivity index (χ0) is 19.1. The van der Waals surface area contributed by atoms with Gasteiger partial charge in [0.1, 0.15) is 0 Å². The molecule has 1 aliphatic carbocycles. The van der Waals surface area contributed by atoms with Crippen molar-refractivity contribution < 1.29 is 4.79 Å². The van der Waals surface area contributed by atoms with Gasteiger partial charge in [0.05, 0.1) is 6.04 Å². The lowest BCUT2D eigenvalue weighted by Gasteiger charge is -2.30. The van der Waals surface area contributed by atoms with Crippen LogP contribution >= 0.6 is 0 Å². The van der Waals surface area contributed by atoms with Crippen molar-refractivity contribution in [3.63, 3.8) is 0 Å². The first-order valence-corrected chi connectivity index (χ1v) is 9.59. The first-order chi connectivity index (χ1) is 13.7. The van der Waals surface area contributed by atoms with Gasteiger partial charge in [-0.25, -0.2) is 4.99 Å². The summed E-state index contributed by atoms with van der Waals surface area (Å²) in [4.78, 5) is 20.5. The molecule has 1 heterocycles. The average Bonchev–Trinajstić information content (AvgIpc) is 3.28. The molecule has 1 atom stereocenters. The highest BCUT2D eigenvalue weighted by Crippen LogP contribution is 2.45. The summed E-state index contributed by atoms with van der Waals surface area (Å²) in [6, 6.07) is 27.7. The Labute approximate surface area is 164 Å². The smallest absolute Gasteiger partial charge is 0.267 e. The molecule has 0 aromatic heterocycles. The monoisotopic (exact) mass is 367 g/mol. The van der Waals surface area contributed by atoms with Crippen molar-refractivity contribution in [3.8, 4) is 0 Å². The van der Waals surface area contributed by atoms with Crippen LogP contribution in [0.1, 0.15) is 34.7 Å². The number of benzene rings is 3. The van der Waals surface area contributed by atoms with Crippen LogP contribution < -0.4 is 5.73 Å². The number of carbonyl (C=O) groups excluding carboxylic acids is 1. The van der Waals surface area contributed by atoms with Gasteiger partial charge >= 0.3 is 0 Å². The van der Waals surface area contributed by atoms with Crippen molar-refractivity contribution in [3.05, 3.63) is 107 Å². The Balaban J connectivity index is 1.66. The standard InChI is InChI=1S/C24H21N3O/c25-23-26-24(18-10-3-1-4-11-18,19-12-5-2-6-13-19)22(28)27(23)21-16-15-17-9-7-8-14-20(17)21/h1-14,21H,15-16H2,(H2,25,26). The van der Waals surface area contributed by atoms with Gasteiger partial charge in [0.15, 0.2) is 5.54 Å². The number of guanidine groups is 1. The highest BCUT2D eigenvalue weighted by Gasteiger charge is 2.53. The largest absolute Gasteiger partial charge is 0.369 e. The number of hydrogen-bond donors (Lipinski definition) is 1. The van der Waals surface area contributed by atoms with E-state index in [0.29, 0.717) is 5.96 Å². The molecule has 0 bridgehead atoms. The van der Waals surface area contributed by atoms with E-state index >= 15 is 0 Å². The predicted octanol–water partition coefficient (Wildman–Crippen LogP) is 3.77. The molecule has 0 saturated heterocycles. The maximum atomic E-state index is 14.0. The minimum atomic E-state index is -1.13. The molecule has 28 heavy (non-hydrogen) atoms.